The molecule has 0 amide bonds. The molecule has 0 atom stereocenters. The molecule has 12 heavy (non-hydrogen) atoms. The Bertz CT molecular complexity index is 362. The summed E-state index contributed by atoms with van der Waals surface area (Å²) in [6, 6.07) is 8.12. The van der Waals surface area contributed by atoms with Crippen LogP contribution in [0.1, 0.15) is 5.69 Å². The summed E-state index contributed by atoms with van der Waals surface area (Å²) in [6.45, 7) is 2.05. The van der Waals surface area contributed by atoms with Crippen LogP contribution in [0, 0.1) is 6.92 Å². The maximum Gasteiger partial charge on any atom is 0.0457 e. The Labute approximate surface area is 71.3 Å². The lowest BCUT2D eigenvalue weighted by Gasteiger charge is -1.94. The Morgan fingerprint density at radius 2 is 1.83 bits per heavy atom. The zero-order valence-electron chi connectivity index (χ0n) is 6.91. The second kappa shape index (κ2) is 2.81. The molecular weight excluding hydrogens is 148 g/mol. The lowest BCUT2D eigenvalue weighted by atomic mass is 10.2. The fourth-order valence-electron chi connectivity index (χ4n) is 1.20. The Hall–Kier alpha value is -1.57. The van der Waals surface area contributed by atoms with Crippen molar-refractivity contribution in [2.24, 2.45) is 0 Å². The van der Waals surface area contributed by atoms with Crippen LogP contribution in [0.5, 0.6) is 0 Å². The summed E-state index contributed by atoms with van der Waals surface area (Å²) < 4.78 is 0. The number of hydrogen-bond donors (Lipinski definition) is 1. The van der Waals surface area contributed by atoms with Crippen molar-refractivity contribution in [1.82, 2.24) is 9.97 Å². The molecule has 2 aromatic heterocycles. The van der Waals surface area contributed by atoms with Crippen molar-refractivity contribution in [1.29, 1.82) is 0 Å². The van der Waals surface area contributed by atoms with E-state index in [0.29, 0.717) is 0 Å². The van der Waals surface area contributed by atoms with E-state index in [0.717, 1.165) is 5.69 Å². The van der Waals surface area contributed by atoms with Crippen LogP contribution >= 0.6 is 0 Å². The van der Waals surface area contributed by atoms with Gasteiger partial charge in [-0.05, 0) is 31.2 Å². The fraction of sp³-hybridized carbons (Fsp3) is 0.100. The fourth-order valence-corrected chi connectivity index (χ4v) is 1.20. The molecule has 2 aromatic rings. The SMILES string of the molecule is Cc1ccc(-c2ccncc2)[nH]1. The van der Waals surface area contributed by atoms with E-state index in [-0.39, 0.29) is 0 Å². The average molecular weight is 158 g/mol. The zero-order chi connectivity index (χ0) is 8.39. The number of pyridine rings is 1. The number of nitrogens with zero attached hydrogens (tertiary/aromatic N) is 1. The summed E-state index contributed by atoms with van der Waals surface area (Å²) in [5.41, 5.74) is 3.51. The lowest BCUT2D eigenvalue weighted by Crippen LogP contribution is -1.77. The molecular formula is C10H10N2. The van der Waals surface area contributed by atoms with E-state index in [4.69, 9.17) is 0 Å². The third-order valence-electron chi connectivity index (χ3n) is 1.82. The van der Waals surface area contributed by atoms with Gasteiger partial charge in [-0.2, -0.15) is 0 Å². The molecule has 0 saturated carbocycles. The first-order valence-electron chi connectivity index (χ1n) is 3.92. The Balaban J connectivity index is 2.45. The molecule has 0 aromatic carbocycles. The van der Waals surface area contributed by atoms with E-state index in [2.05, 4.69) is 22.1 Å². The van der Waals surface area contributed by atoms with E-state index in [1.165, 1.54) is 11.3 Å². The molecule has 60 valence electrons. The van der Waals surface area contributed by atoms with Gasteiger partial charge in [-0.3, -0.25) is 4.98 Å². The van der Waals surface area contributed by atoms with E-state index >= 15 is 0 Å². The lowest BCUT2D eigenvalue weighted by molar-refractivity contribution is 1.26. The van der Waals surface area contributed by atoms with Crippen molar-refractivity contribution in [3.05, 3.63) is 42.4 Å². The first-order valence-corrected chi connectivity index (χ1v) is 3.92. The van der Waals surface area contributed by atoms with E-state index in [9.17, 15) is 0 Å². The van der Waals surface area contributed by atoms with Gasteiger partial charge in [-0.1, -0.05) is 0 Å². The van der Waals surface area contributed by atoms with Crippen LogP contribution in [-0.2, 0) is 0 Å². The van der Waals surface area contributed by atoms with Gasteiger partial charge in [0.2, 0.25) is 0 Å². The maximum atomic E-state index is 3.96. The summed E-state index contributed by atoms with van der Waals surface area (Å²) in [6.07, 6.45) is 3.59. The first-order chi connectivity index (χ1) is 5.86. The van der Waals surface area contributed by atoms with Crippen LogP contribution in [0.4, 0.5) is 0 Å². The number of H-pyrrole nitrogens is 1. The number of aromatic amines is 1. The number of nitrogens with one attached hydrogen (secondary N) is 1. The van der Waals surface area contributed by atoms with Gasteiger partial charge in [0.05, 0.1) is 0 Å². The number of aromatic nitrogens is 2. The highest BCUT2D eigenvalue weighted by Gasteiger charge is 1.96. The van der Waals surface area contributed by atoms with E-state index in [1.807, 2.05) is 19.1 Å². The second-order valence-electron chi connectivity index (χ2n) is 2.79. The normalized spacial score (nSPS) is 10.1. The summed E-state index contributed by atoms with van der Waals surface area (Å²) in [5, 5.41) is 0. The highest BCUT2D eigenvalue weighted by atomic mass is 14.7. The molecule has 2 heteroatoms. The van der Waals surface area contributed by atoms with Crippen LogP contribution in [-0.4, -0.2) is 9.97 Å². The largest absolute Gasteiger partial charge is 0.359 e. The van der Waals surface area contributed by atoms with Gasteiger partial charge in [0.15, 0.2) is 0 Å². The van der Waals surface area contributed by atoms with Crippen molar-refractivity contribution in [3.63, 3.8) is 0 Å². The molecule has 0 spiro atoms. The van der Waals surface area contributed by atoms with Crippen molar-refractivity contribution in [2.45, 2.75) is 6.92 Å². The molecule has 0 unspecified atom stereocenters. The van der Waals surface area contributed by atoms with Crippen LogP contribution in [0.2, 0.25) is 0 Å². The third kappa shape index (κ3) is 1.23. The van der Waals surface area contributed by atoms with Gasteiger partial charge in [0.25, 0.3) is 0 Å². The minimum Gasteiger partial charge on any atom is -0.359 e. The monoisotopic (exact) mass is 158 g/mol. The highest BCUT2D eigenvalue weighted by Crippen LogP contribution is 2.16. The Kier molecular flexibility index (Phi) is 1.67. The topological polar surface area (TPSA) is 28.7 Å². The molecule has 0 radical (unpaired) electrons. The summed E-state index contributed by atoms with van der Waals surface area (Å²) >= 11 is 0. The Morgan fingerprint density at radius 3 is 2.42 bits per heavy atom. The van der Waals surface area contributed by atoms with Crippen LogP contribution < -0.4 is 0 Å². The minimum atomic E-state index is 1.15. The molecule has 0 bridgehead atoms. The van der Waals surface area contributed by atoms with Gasteiger partial charge in [0.1, 0.15) is 0 Å². The maximum absolute atomic E-state index is 3.96. The molecule has 0 aliphatic heterocycles. The van der Waals surface area contributed by atoms with Crippen molar-refractivity contribution in [3.8, 4) is 11.3 Å². The minimum absolute atomic E-state index is 1.15. The summed E-state index contributed by atoms with van der Waals surface area (Å²) in [7, 11) is 0. The first kappa shape index (κ1) is 7.10. The van der Waals surface area contributed by atoms with Crippen LogP contribution in [0.3, 0.4) is 0 Å². The molecule has 0 aliphatic carbocycles. The quantitative estimate of drug-likeness (QED) is 0.678. The number of aryl methyl sites for hydroxylation is 1. The summed E-state index contributed by atoms with van der Waals surface area (Å²) in [4.78, 5) is 7.23. The van der Waals surface area contributed by atoms with Gasteiger partial charge < -0.3 is 4.98 Å². The molecule has 0 fully saturated rings. The van der Waals surface area contributed by atoms with Gasteiger partial charge in [-0.25, -0.2) is 0 Å². The van der Waals surface area contributed by atoms with E-state index in [1.54, 1.807) is 12.4 Å². The van der Waals surface area contributed by atoms with Crippen LogP contribution in [0.15, 0.2) is 36.7 Å². The smallest absolute Gasteiger partial charge is 0.0457 e. The average Bonchev–Trinajstić information content (AvgIpc) is 2.54. The van der Waals surface area contributed by atoms with Crippen LogP contribution in [0.25, 0.3) is 11.3 Å². The molecule has 0 saturated heterocycles. The van der Waals surface area contributed by atoms with Crippen molar-refractivity contribution in [2.75, 3.05) is 0 Å². The van der Waals surface area contributed by atoms with Gasteiger partial charge in [0, 0.05) is 29.3 Å². The van der Waals surface area contributed by atoms with Gasteiger partial charge >= 0.3 is 0 Å². The van der Waals surface area contributed by atoms with Crippen molar-refractivity contribution >= 4 is 0 Å². The number of rotatable bonds is 1. The third-order valence-corrected chi connectivity index (χ3v) is 1.82. The highest BCUT2D eigenvalue weighted by molar-refractivity contribution is 5.58. The number of hydrogen-bond acceptors (Lipinski definition) is 1. The Morgan fingerprint density at radius 1 is 1.08 bits per heavy atom. The predicted molar refractivity (Wildman–Crippen MR) is 48.8 cm³/mol. The standard InChI is InChI=1S/C10H10N2/c1-8-2-3-10(12-8)9-4-6-11-7-5-9/h2-7,12H,1H3. The predicted octanol–water partition coefficient (Wildman–Crippen LogP) is 2.39. The molecule has 0 aliphatic rings. The van der Waals surface area contributed by atoms with E-state index < -0.39 is 0 Å². The second-order valence-corrected chi connectivity index (χ2v) is 2.79. The zero-order valence-corrected chi connectivity index (χ0v) is 6.91. The molecule has 2 rings (SSSR count). The molecule has 2 heterocycles. The molecule has 2 nitrogen and oxygen atoms in total. The summed E-state index contributed by atoms with van der Waals surface area (Å²) in [5.74, 6) is 0. The van der Waals surface area contributed by atoms with Crippen molar-refractivity contribution < 1.29 is 0 Å². The molecule has 1 N–H and O–H groups in total. The van der Waals surface area contributed by atoms with Gasteiger partial charge in [-0.15, -0.1) is 0 Å².